The molecule has 0 spiro atoms. The third-order valence-corrected chi connectivity index (χ3v) is 4.22. The molecule has 0 saturated heterocycles. The van der Waals surface area contributed by atoms with E-state index >= 15 is 0 Å². The van der Waals surface area contributed by atoms with Gasteiger partial charge in [0.1, 0.15) is 5.82 Å². The highest BCUT2D eigenvalue weighted by Crippen LogP contribution is 2.37. The minimum absolute atomic E-state index is 0.126. The third-order valence-electron chi connectivity index (χ3n) is 4.22. The number of carbonyl (C=O) groups excluding carboxylic acids is 1. The zero-order valence-electron chi connectivity index (χ0n) is 12.3. The van der Waals surface area contributed by atoms with E-state index in [-0.39, 0.29) is 17.1 Å². The summed E-state index contributed by atoms with van der Waals surface area (Å²) in [7, 11) is 1.30. The molecule has 114 valence electrons. The molecule has 5 heteroatoms. The highest BCUT2D eigenvalue weighted by molar-refractivity contribution is 5.96. The number of ether oxygens (including phenoxy) is 1. The van der Waals surface area contributed by atoms with Crippen LogP contribution in [0.2, 0.25) is 0 Å². The van der Waals surface area contributed by atoms with Crippen molar-refractivity contribution in [2.75, 3.05) is 30.8 Å². The van der Waals surface area contributed by atoms with Crippen LogP contribution in [-0.4, -0.2) is 26.2 Å². The predicted molar refractivity (Wildman–Crippen MR) is 79.8 cm³/mol. The van der Waals surface area contributed by atoms with Crippen LogP contribution < -0.4 is 10.6 Å². The number of methoxy groups -OCH3 is 1. The van der Waals surface area contributed by atoms with Gasteiger partial charge in [0.25, 0.3) is 0 Å². The van der Waals surface area contributed by atoms with Gasteiger partial charge in [0.05, 0.1) is 18.4 Å². The zero-order valence-corrected chi connectivity index (χ0v) is 12.3. The molecule has 0 radical (unpaired) electrons. The molecule has 0 bridgehead atoms. The van der Waals surface area contributed by atoms with Crippen LogP contribution in [0.5, 0.6) is 0 Å². The minimum atomic E-state index is -0.522. The Kier molecular flexibility index (Phi) is 3.74. The number of carbonyl (C=O) groups is 1. The van der Waals surface area contributed by atoms with E-state index in [0.717, 1.165) is 13.1 Å². The maximum Gasteiger partial charge on any atom is 0.340 e. The zero-order chi connectivity index (χ0) is 15.0. The Balaban J connectivity index is 1.90. The average molecular weight is 292 g/mol. The number of rotatable bonds is 6. The Bertz CT molecular complexity index is 539. The van der Waals surface area contributed by atoms with Gasteiger partial charge in [-0.2, -0.15) is 0 Å². The second-order valence-electron chi connectivity index (χ2n) is 6.17. The summed E-state index contributed by atoms with van der Waals surface area (Å²) in [6.07, 6.45) is 4.84. The van der Waals surface area contributed by atoms with E-state index in [1.165, 1.54) is 38.9 Å². The van der Waals surface area contributed by atoms with Crippen molar-refractivity contribution in [2.45, 2.75) is 25.7 Å². The number of benzene rings is 1. The summed E-state index contributed by atoms with van der Waals surface area (Å²) in [5.41, 5.74) is 6.58. The Hall–Kier alpha value is -1.78. The lowest BCUT2D eigenvalue weighted by atomic mass is 10.1. The van der Waals surface area contributed by atoms with Gasteiger partial charge in [-0.3, -0.25) is 0 Å². The molecular weight excluding hydrogens is 271 g/mol. The summed E-state index contributed by atoms with van der Waals surface area (Å²) in [5.74, 6) is 0.428. The van der Waals surface area contributed by atoms with Crippen molar-refractivity contribution in [1.82, 2.24) is 0 Å². The minimum Gasteiger partial charge on any atom is -0.465 e. The van der Waals surface area contributed by atoms with Crippen LogP contribution in [-0.2, 0) is 4.74 Å². The summed E-state index contributed by atoms with van der Waals surface area (Å²) < 4.78 is 19.0. The summed E-state index contributed by atoms with van der Waals surface area (Å²) >= 11 is 0. The highest BCUT2D eigenvalue weighted by Gasteiger charge is 2.31. The maximum absolute atomic E-state index is 14.3. The first-order valence-corrected chi connectivity index (χ1v) is 7.50. The van der Waals surface area contributed by atoms with E-state index in [1.807, 2.05) is 0 Å². The number of esters is 1. The Morgan fingerprint density at radius 2 is 1.86 bits per heavy atom. The van der Waals surface area contributed by atoms with E-state index in [2.05, 4.69) is 4.90 Å². The Morgan fingerprint density at radius 3 is 2.33 bits per heavy atom. The molecular formula is C16H21FN2O2. The number of hydrogen-bond donors (Lipinski definition) is 1. The number of nitrogen functional groups attached to an aromatic ring is 1. The van der Waals surface area contributed by atoms with Crippen LogP contribution in [0, 0.1) is 17.7 Å². The molecule has 0 aliphatic heterocycles. The molecule has 1 aromatic rings. The van der Waals surface area contributed by atoms with Crippen LogP contribution in [0.3, 0.4) is 0 Å². The Morgan fingerprint density at radius 1 is 1.29 bits per heavy atom. The van der Waals surface area contributed by atoms with Crippen LogP contribution in [0.25, 0.3) is 0 Å². The lowest BCUT2D eigenvalue weighted by Gasteiger charge is -2.26. The van der Waals surface area contributed by atoms with E-state index in [9.17, 15) is 9.18 Å². The molecule has 2 aliphatic rings. The largest absolute Gasteiger partial charge is 0.465 e. The van der Waals surface area contributed by atoms with E-state index in [0.29, 0.717) is 17.5 Å². The first kappa shape index (κ1) is 14.2. The monoisotopic (exact) mass is 292 g/mol. The van der Waals surface area contributed by atoms with Crippen molar-refractivity contribution >= 4 is 17.3 Å². The molecule has 0 aromatic heterocycles. The fourth-order valence-electron chi connectivity index (χ4n) is 2.60. The molecule has 0 amide bonds. The number of nitrogens with two attached hydrogens (primary N) is 1. The molecule has 2 fully saturated rings. The normalized spacial score (nSPS) is 17.6. The van der Waals surface area contributed by atoms with Crippen LogP contribution in [0.4, 0.5) is 15.8 Å². The summed E-state index contributed by atoms with van der Waals surface area (Å²) in [6, 6.07) is 2.77. The fraction of sp³-hybridized carbons (Fsp3) is 0.562. The molecule has 2 aliphatic carbocycles. The third kappa shape index (κ3) is 3.28. The first-order chi connectivity index (χ1) is 10.1. The quantitative estimate of drug-likeness (QED) is 0.647. The van der Waals surface area contributed by atoms with Gasteiger partial charge in [0.2, 0.25) is 0 Å². The predicted octanol–water partition coefficient (Wildman–Crippen LogP) is 2.82. The van der Waals surface area contributed by atoms with Gasteiger partial charge in [-0.25, -0.2) is 9.18 Å². The fourth-order valence-corrected chi connectivity index (χ4v) is 2.60. The molecule has 0 atom stereocenters. The van der Waals surface area contributed by atoms with Gasteiger partial charge in [-0.05, 0) is 49.7 Å². The first-order valence-electron chi connectivity index (χ1n) is 7.50. The van der Waals surface area contributed by atoms with E-state index < -0.39 is 5.97 Å². The summed E-state index contributed by atoms with van der Waals surface area (Å²) in [5, 5.41) is 0. The van der Waals surface area contributed by atoms with Gasteiger partial charge in [-0.1, -0.05) is 0 Å². The standard InChI is InChI=1S/C16H21FN2O2/c1-21-16(20)12-6-15(13(17)7-14(12)18)19(8-10-2-3-10)9-11-4-5-11/h6-7,10-11H,2-5,8-9,18H2,1H3. The van der Waals surface area contributed by atoms with Crippen molar-refractivity contribution in [3.63, 3.8) is 0 Å². The van der Waals surface area contributed by atoms with Crippen molar-refractivity contribution in [3.8, 4) is 0 Å². The average Bonchev–Trinajstić information content (AvgIpc) is 3.33. The van der Waals surface area contributed by atoms with Crippen molar-refractivity contribution in [1.29, 1.82) is 0 Å². The number of halogens is 1. The number of nitrogens with zero attached hydrogens (tertiary/aromatic N) is 1. The van der Waals surface area contributed by atoms with Crippen molar-refractivity contribution in [3.05, 3.63) is 23.5 Å². The molecule has 0 unspecified atom stereocenters. The molecule has 1 aromatic carbocycles. The lowest BCUT2D eigenvalue weighted by Crippen LogP contribution is -2.29. The smallest absolute Gasteiger partial charge is 0.340 e. The second kappa shape index (κ2) is 5.54. The van der Waals surface area contributed by atoms with Crippen LogP contribution >= 0.6 is 0 Å². The highest BCUT2D eigenvalue weighted by atomic mass is 19.1. The van der Waals surface area contributed by atoms with Gasteiger partial charge < -0.3 is 15.4 Å². The topological polar surface area (TPSA) is 55.6 Å². The molecule has 3 rings (SSSR count). The molecule has 21 heavy (non-hydrogen) atoms. The Labute approximate surface area is 124 Å². The number of hydrogen-bond acceptors (Lipinski definition) is 4. The molecule has 2 N–H and O–H groups in total. The number of anilines is 2. The SMILES string of the molecule is COC(=O)c1cc(N(CC2CC2)CC2CC2)c(F)cc1N. The van der Waals surface area contributed by atoms with Crippen LogP contribution in [0.1, 0.15) is 36.0 Å². The summed E-state index contributed by atoms with van der Waals surface area (Å²) in [6.45, 7) is 1.72. The van der Waals surface area contributed by atoms with Gasteiger partial charge in [0, 0.05) is 18.8 Å². The molecule has 0 heterocycles. The van der Waals surface area contributed by atoms with Crippen molar-refractivity contribution in [2.24, 2.45) is 11.8 Å². The lowest BCUT2D eigenvalue weighted by molar-refractivity contribution is 0.0602. The van der Waals surface area contributed by atoms with Gasteiger partial charge in [0.15, 0.2) is 0 Å². The maximum atomic E-state index is 14.3. The molecule has 4 nitrogen and oxygen atoms in total. The molecule has 2 saturated carbocycles. The van der Waals surface area contributed by atoms with E-state index in [1.54, 1.807) is 6.07 Å². The second-order valence-corrected chi connectivity index (χ2v) is 6.17. The van der Waals surface area contributed by atoms with Crippen molar-refractivity contribution < 1.29 is 13.9 Å². The van der Waals surface area contributed by atoms with Crippen LogP contribution in [0.15, 0.2) is 12.1 Å². The van der Waals surface area contributed by atoms with Gasteiger partial charge >= 0.3 is 5.97 Å². The summed E-state index contributed by atoms with van der Waals surface area (Å²) in [4.78, 5) is 13.8. The van der Waals surface area contributed by atoms with E-state index in [4.69, 9.17) is 10.5 Å². The van der Waals surface area contributed by atoms with Gasteiger partial charge in [-0.15, -0.1) is 0 Å².